The van der Waals surface area contributed by atoms with Crippen molar-refractivity contribution in [3.63, 3.8) is 0 Å². The quantitative estimate of drug-likeness (QED) is 0.359. The van der Waals surface area contributed by atoms with Crippen LogP contribution in [-0.4, -0.2) is 29.3 Å². The average Bonchev–Trinajstić information content (AvgIpc) is 2.94. The van der Waals surface area contributed by atoms with Crippen LogP contribution < -0.4 is 0 Å². The number of ether oxygens (including phenoxy) is 2. The Morgan fingerprint density at radius 2 is 1.96 bits per heavy atom. The second kappa shape index (κ2) is 9.41. The summed E-state index contributed by atoms with van der Waals surface area (Å²) in [6, 6.07) is 0. The van der Waals surface area contributed by atoms with Crippen molar-refractivity contribution in [3.05, 3.63) is 11.6 Å². The summed E-state index contributed by atoms with van der Waals surface area (Å²) in [6.45, 7) is 12.0. The Kier molecular flexibility index (Phi) is 7.77. The van der Waals surface area contributed by atoms with Crippen molar-refractivity contribution in [2.75, 3.05) is 13.3 Å². The molecule has 0 bridgehead atoms. The number of hydrogen-bond donors (Lipinski definition) is 0. The number of carbonyl (C=O) groups excluding carboxylic acids is 1. The van der Waals surface area contributed by atoms with Crippen LogP contribution in [-0.2, 0) is 14.3 Å². The van der Waals surface area contributed by atoms with Crippen LogP contribution in [0.3, 0.4) is 0 Å². The third-order valence-electron chi connectivity index (χ3n) is 4.89. The number of rotatable bonds is 10. The van der Waals surface area contributed by atoms with Gasteiger partial charge < -0.3 is 9.47 Å². The third-order valence-corrected chi connectivity index (χ3v) is 6.39. The molecule has 4 nitrogen and oxygen atoms in total. The number of nitrogens with zero attached hydrogens (tertiary/aromatic N) is 1. The van der Waals surface area contributed by atoms with E-state index in [2.05, 4.69) is 39.6 Å². The standard InChI is InChI=1S/C21H35NO3S/c1-6-7-8-9-10-11-12-25-21(16(2)13-20(3,4)5)14-17-18(26-21)22-15-24-19(17)23/h14,16H,6-13,15H2,1-5H3. The van der Waals surface area contributed by atoms with Crippen LogP contribution in [0.15, 0.2) is 16.6 Å². The van der Waals surface area contributed by atoms with Gasteiger partial charge in [-0.05, 0) is 30.3 Å². The van der Waals surface area contributed by atoms with E-state index in [-0.39, 0.29) is 24.0 Å². The highest BCUT2D eigenvalue weighted by Crippen LogP contribution is 2.49. The lowest BCUT2D eigenvalue weighted by Crippen LogP contribution is -2.35. The molecule has 0 aromatic carbocycles. The number of carbonyl (C=O) groups is 1. The molecule has 2 unspecified atom stereocenters. The van der Waals surface area contributed by atoms with Crippen LogP contribution >= 0.6 is 11.8 Å². The molecule has 2 rings (SSSR count). The Morgan fingerprint density at radius 3 is 2.62 bits per heavy atom. The second-order valence-electron chi connectivity index (χ2n) is 8.69. The number of cyclic esters (lactones) is 1. The SMILES string of the molecule is CCCCCCCCOC1(C(C)CC(C)(C)C)C=C2C(=O)OCN=C2S1. The number of hydrogen-bond acceptors (Lipinski definition) is 5. The Morgan fingerprint density at radius 1 is 1.27 bits per heavy atom. The summed E-state index contributed by atoms with van der Waals surface area (Å²) in [7, 11) is 0. The zero-order valence-electron chi connectivity index (χ0n) is 17.1. The maximum absolute atomic E-state index is 12.1. The Bertz CT molecular complexity index is 550. The largest absolute Gasteiger partial charge is 0.439 e. The molecular formula is C21H35NO3S. The first-order valence-corrected chi connectivity index (χ1v) is 10.9. The maximum atomic E-state index is 12.1. The van der Waals surface area contributed by atoms with E-state index in [4.69, 9.17) is 9.47 Å². The third kappa shape index (κ3) is 5.85. The van der Waals surface area contributed by atoms with E-state index in [1.54, 1.807) is 11.8 Å². The topological polar surface area (TPSA) is 47.9 Å². The van der Waals surface area contributed by atoms with Crippen molar-refractivity contribution in [1.29, 1.82) is 0 Å². The monoisotopic (exact) mass is 381 g/mol. The van der Waals surface area contributed by atoms with E-state index in [0.29, 0.717) is 5.57 Å². The van der Waals surface area contributed by atoms with E-state index in [9.17, 15) is 4.79 Å². The van der Waals surface area contributed by atoms with Crippen LogP contribution in [0, 0.1) is 11.3 Å². The first-order valence-electron chi connectivity index (χ1n) is 10.1. The molecule has 0 saturated heterocycles. The van der Waals surface area contributed by atoms with Crippen LogP contribution in [0.1, 0.15) is 79.6 Å². The summed E-state index contributed by atoms with van der Waals surface area (Å²) < 4.78 is 11.5. The molecular weight excluding hydrogens is 346 g/mol. The molecule has 148 valence electrons. The van der Waals surface area contributed by atoms with E-state index in [0.717, 1.165) is 24.5 Å². The predicted molar refractivity (Wildman–Crippen MR) is 109 cm³/mol. The molecule has 2 aliphatic rings. The predicted octanol–water partition coefficient (Wildman–Crippen LogP) is 5.72. The molecule has 2 aliphatic heterocycles. The zero-order valence-corrected chi connectivity index (χ0v) is 17.9. The lowest BCUT2D eigenvalue weighted by molar-refractivity contribution is -0.138. The van der Waals surface area contributed by atoms with E-state index < -0.39 is 4.93 Å². The Labute approximate surface area is 163 Å². The summed E-state index contributed by atoms with van der Waals surface area (Å²) in [5.41, 5.74) is 0.787. The molecule has 0 spiro atoms. The molecule has 0 N–H and O–H groups in total. The molecule has 2 heterocycles. The van der Waals surface area contributed by atoms with E-state index >= 15 is 0 Å². The molecule has 0 radical (unpaired) electrons. The summed E-state index contributed by atoms with van der Waals surface area (Å²) in [5, 5.41) is 0.782. The van der Waals surface area contributed by atoms with Gasteiger partial charge in [0.25, 0.3) is 0 Å². The summed E-state index contributed by atoms with van der Waals surface area (Å²) in [4.78, 5) is 16.0. The van der Waals surface area contributed by atoms with Crippen molar-refractivity contribution >= 4 is 22.8 Å². The molecule has 0 amide bonds. The highest BCUT2D eigenvalue weighted by molar-refractivity contribution is 8.16. The van der Waals surface area contributed by atoms with Crippen molar-refractivity contribution < 1.29 is 14.3 Å². The fourth-order valence-corrected chi connectivity index (χ4v) is 4.90. The summed E-state index contributed by atoms with van der Waals surface area (Å²) in [5.74, 6) is 0.0108. The highest BCUT2D eigenvalue weighted by Gasteiger charge is 2.47. The van der Waals surface area contributed by atoms with E-state index in [1.165, 1.54) is 32.1 Å². The van der Waals surface area contributed by atoms with Crippen molar-refractivity contribution in [2.45, 2.75) is 84.5 Å². The molecule has 26 heavy (non-hydrogen) atoms. The molecule has 0 aromatic rings. The normalized spacial score (nSPS) is 24.0. The maximum Gasteiger partial charge on any atom is 0.342 e. The van der Waals surface area contributed by atoms with Crippen LogP contribution in [0.5, 0.6) is 0 Å². The summed E-state index contributed by atoms with van der Waals surface area (Å²) >= 11 is 1.60. The first-order chi connectivity index (χ1) is 12.3. The number of esters is 1. The first kappa shape index (κ1) is 21.5. The van der Waals surface area contributed by atoms with Gasteiger partial charge in [-0.15, -0.1) is 0 Å². The smallest absolute Gasteiger partial charge is 0.342 e. The van der Waals surface area contributed by atoms with Crippen molar-refractivity contribution in [1.82, 2.24) is 0 Å². The zero-order chi connectivity index (χ0) is 19.2. The van der Waals surface area contributed by atoms with Gasteiger partial charge in [-0.2, -0.15) is 0 Å². The fraction of sp³-hybridized carbons (Fsp3) is 0.810. The Balaban J connectivity index is 2.03. The molecule has 0 aromatic heterocycles. The minimum absolute atomic E-state index is 0.125. The van der Waals surface area contributed by atoms with Crippen molar-refractivity contribution in [3.8, 4) is 0 Å². The Hall–Kier alpha value is -0.810. The highest BCUT2D eigenvalue weighted by atomic mass is 32.2. The van der Waals surface area contributed by atoms with Gasteiger partial charge in [0.2, 0.25) is 0 Å². The van der Waals surface area contributed by atoms with Gasteiger partial charge in [-0.25, -0.2) is 9.79 Å². The number of fused-ring (bicyclic) bond motifs is 1. The van der Waals surface area contributed by atoms with Gasteiger partial charge in [0, 0.05) is 6.61 Å². The molecule has 5 heteroatoms. The second-order valence-corrected chi connectivity index (χ2v) is 9.92. The number of unbranched alkanes of at least 4 members (excludes halogenated alkanes) is 5. The van der Waals surface area contributed by atoms with Crippen LogP contribution in [0.25, 0.3) is 0 Å². The van der Waals surface area contributed by atoms with Gasteiger partial charge in [-0.3, -0.25) is 0 Å². The van der Waals surface area contributed by atoms with Gasteiger partial charge in [-0.1, -0.05) is 78.5 Å². The van der Waals surface area contributed by atoms with Gasteiger partial charge >= 0.3 is 5.97 Å². The van der Waals surface area contributed by atoms with Crippen LogP contribution in [0.4, 0.5) is 0 Å². The lowest BCUT2D eigenvalue weighted by atomic mass is 9.82. The van der Waals surface area contributed by atoms with Crippen LogP contribution in [0.2, 0.25) is 0 Å². The van der Waals surface area contributed by atoms with Crippen molar-refractivity contribution in [2.24, 2.45) is 16.3 Å². The van der Waals surface area contributed by atoms with E-state index in [1.807, 2.05) is 6.08 Å². The number of aliphatic imine (C=N–C) groups is 1. The summed E-state index contributed by atoms with van der Waals surface area (Å²) in [6.07, 6.45) is 10.4. The van der Waals surface area contributed by atoms with Gasteiger partial charge in [0.15, 0.2) is 6.73 Å². The van der Waals surface area contributed by atoms with Gasteiger partial charge in [0.1, 0.15) is 9.98 Å². The molecule has 0 aliphatic carbocycles. The fourth-order valence-electron chi connectivity index (χ4n) is 3.62. The number of thioether (sulfide) groups is 1. The molecule has 0 saturated carbocycles. The van der Waals surface area contributed by atoms with Gasteiger partial charge in [0.05, 0.1) is 5.57 Å². The minimum atomic E-state index is -0.506. The lowest BCUT2D eigenvalue weighted by Gasteiger charge is -2.36. The molecule has 2 atom stereocenters. The average molecular weight is 382 g/mol. The minimum Gasteiger partial charge on any atom is -0.439 e. The molecule has 0 fully saturated rings.